The number of halogens is 3. The number of H-pyrrole nitrogens is 1. The van der Waals surface area contributed by atoms with E-state index in [0.717, 1.165) is 6.07 Å². The van der Waals surface area contributed by atoms with Crippen molar-refractivity contribution in [1.29, 1.82) is 0 Å². The van der Waals surface area contributed by atoms with Gasteiger partial charge in [0, 0.05) is 5.69 Å². The number of rotatable bonds is 4. The van der Waals surface area contributed by atoms with Crippen molar-refractivity contribution >= 4 is 17.3 Å². The van der Waals surface area contributed by atoms with Gasteiger partial charge in [-0.2, -0.15) is 4.98 Å². The number of nitrogens with two attached hydrogens (primary N) is 1. The highest BCUT2D eigenvalue weighted by Crippen LogP contribution is 2.29. The molecule has 0 saturated carbocycles. The Morgan fingerprint density at radius 3 is 2.48 bits per heavy atom. The lowest BCUT2D eigenvalue weighted by Gasteiger charge is -2.07. The van der Waals surface area contributed by atoms with Crippen LogP contribution in [-0.2, 0) is 0 Å². The van der Waals surface area contributed by atoms with E-state index in [9.17, 15) is 13.2 Å². The fourth-order valence-electron chi connectivity index (χ4n) is 1.99. The second-order valence-electron chi connectivity index (χ2n) is 4.55. The summed E-state index contributed by atoms with van der Waals surface area (Å²) in [4.78, 5) is 3.97. The minimum absolute atomic E-state index is 0.123. The van der Waals surface area contributed by atoms with Crippen LogP contribution in [0.15, 0.2) is 36.4 Å². The maximum Gasteiger partial charge on any atom is 0.246 e. The molecule has 0 bridgehead atoms. The van der Waals surface area contributed by atoms with Crippen LogP contribution in [0.25, 0.3) is 11.4 Å². The molecule has 0 spiro atoms. The summed E-state index contributed by atoms with van der Waals surface area (Å²) in [5, 5.41) is 9.13. The summed E-state index contributed by atoms with van der Waals surface area (Å²) < 4.78 is 41.4. The normalized spacial score (nSPS) is 10.6. The molecule has 5 N–H and O–H groups in total. The van der Waals surface area contributed by atoms with Gasteiger partial charge in [-0.05, 0) is 18.2 Å². The molecule has 2 aromatic carbocycles. The molecule has 6 nitrogen and oxygen atoms in total. The molecule has 3 rings (SSSR count). The van der Waals surface area contributed by atoms with Crippen LogP contribution in [0.5, 0.6) is 0 Å². The van der Waals surface area contributed by atoms with E-state index in [4.69, 9.17) is 5.84 Å². The van der Waals surface area contributed by atoms with Gasteiger partial charge in [-0.15, -0.1) is 5.10 Å². The minimum atomic E-state index is -1.43. The standard InChI is InChI=1S/C14H11F3N6/c15-9-6-8(10(16)11(17)12(9)21-18)13-20-14(23-22-13)19-7-4-2-1-3-5-7/h1-6,21H,18H2,(H2,19,20,22,23). The number of anilines is 3. The molecular weight excluding hydrogens is 309 g/mol. The molecule has 0 amide bonds. The van der Waals surface area contributed by atoms with Gasteiger partial charge in [0.25, 0.3) is 0 Å². The Balaban J connectivity index is 1.95. The van der Waals surface area contributed by atoms with Crippen LogP contribution >= 0.6 is 0 Å². The second kappa shape index (κ2) is 5.97. The van der Waals surface area contributed by atoms with Gasteiger partial charge in [-0.1, -0.05) is 18.2 Å². The van der Waals surface area contributed by atoms with Crippen molar-refractivity contribution in [2.24, 2.45) is 5.84 Å². The minimum Gasteiger partial charge on any atom is -0.323 e. The predicted molar refractivity (Wildman–Crippen MR) is 79.2 cm³/mol. The molecule has 0 radical (unpaired) electrons. The van der Waals surface area contributed by atoms with E-state index in [1.165, 1.54) is 0 Å². The first kappa shape index (κ1) is 14.9. The first-order chi connectivity index (χ1) is 11.1. The third-order valence-corrected chi connectivity index (χ3v) is 3.07. The van der Waals surface area contributed by atoms with Crippen LogP contribution in [0, 0.1) is 17.5 Å². The van der Waals surface area contributed by atoms with E-state index in [2.05, 4.69) is 20.5 Å². The Labute approximate surface area is 128 Å². The third kappa shape index (κ3) is 2.81. The first-order valence-electron chi connectivity index (χ1n) is 6.49. The number of nitrogens with one attached hydrogen (secondary N) is 3. The molecule has 1 heterocycles. The van der Waals surface area contributed by atoms with Gasteiger partial charge >= 0.3 is 0 Å². The van der Waals surface area contributed by atoms with Gasteiger partial charge in [-0.3, -0.25) is 10.9 Å². The number of para-hydroxylation sites is 1. The third-order valence-electron chi connectivity index (χ3n) is 3.07. The number of aromatic amines is 1. The van der Waals surface area contributed by atoms with Gasteiger partial charge in [0.1, 0.15) is 5.69 Å². The lowest BCUT2D eigenvalue weighted by Crippen LogP contribution is -2.12. The highest BCUT2D eigenvalue weighted by molar-refractivity contribution is 5.64. The van der Waals surface area contributed by atoms with Gasteiger partial charge in [0.2, 0.25) is 5.95 Å². The number of nitrogens with zero attached hydrogens (tertiary/aromatic N) is 2. The molecular formula is C14H11F3N6. The first-order valence-corrected chi connectivity index (χ1v) is 6.49. The average molecular weight is 320 g/mol. The molecule has 0 aliphatic carbocycles. The quantitative estimate of drug-likeness (QED) is 0.337. The molecule has 1 aromatic heterocycles. The number of aromatic nitrogens is 3. The van der Waals surface area contributed by atoms with Gasteiger partial charge in [0.15, 0.2) is 23.3 Å². The summed E-state index contributed by atoms with van der Waals surface area (Å²) in [5.74, 6) is 1.20. The van der Waals surface area contributed by atoms with Crippen LogP contribution in [0.2, 0.25) is 0 Å². The summed E-state index contributed by atoms with van der Waals surface area (Å²) in [6, 6.07) is 9.77. The zero-order chi connectivity index (χ0) is 16.4. The van der Waals surface area contributed by atoms with E-state index in [0.29, 0.717) is 5.69 Å². The van der Waals surface area contributed by atoms with Crippen LogP contribution < -0.4 is 16.6 Å². The number of hydrogen-bond donors (Lipinski definition) is 4. The molecule has 118 valence electrons. The van der Waals surface area contributed by atoms with Crippen molar-refractivity contribution in [3.05, 3.63) is 53.8 Å². The largest absolute Gasteiger partial charge is 0.323 e. The van der Waals surface area contributed by atoms with Crippen molar-refractivity contribution < 1.29 is 13.2 Å². The van der Waals surface area contributed by atoms with Crippen molar-refractivity contribution in [3.63, 3.8) is 0 Å². The van der Waals surface area contributed by atoms with Crippen LogP contribution in [0.4, 0.5) is 30.5 Å². The summed E-state index contributed by atoms with van der Waals surface area (Å²) in [6.45, 7) is 0. The van der Waals surface area contributed by atoms with Crippen molar-refractivity contribution in [1.82, 2.24) is 15.2 Å². The molecule has 23 heavy (non-hydrogen) atoms. The molecule has 0 saturated heterocycles. The van der Waals surface area contributed by atoms with Crippen LogP contribution in [0.1, 0.15) is 0 Å². The van der Waals surface area contributed by atoms with E-state index in [-0.39, 0.29) is 11.8 Å². The highest BCUT2D eigenvalue weighted by Gasteiger charge is 2.21. The summed E-state index contributed by atoms with van der Waals surface area (Å²) in [5.41, 5.74) is 1.33. The van der Waals surface area contributed by atoms with Crippen LogP contribution in [-0.4, -0.2) is 15.2 Å². The maximum atomic E-state index is 14.0. The Bertz CT molecular complexity index is 834. The van der Waals surface area contributed by atoms with E-state index >= 15 is 0 Å². The van der Waals surface area contributed by atoms with Crippen molar-refractivity contribution in [2.45, 2.75) is 0 Å². The van der Waals surface area contributed by atoms with Gasteiger partial charge in [-0.25, -0.2) is 13.2 Å². The van der Waals surface area contributed by atoms with E-state index in [1.54, 1.807) is 29.7 Å². The Hall–Kier alpha value is -3.07. The SMILES string of the molecule is NNc1c(F)cc(-c2nc(Nc3ccccc3)n[nH]2)c(F)c1F. The zero-order valence-electron chi connectivity index (χ0n) is 11.6. The fraction of sp³-hybridized carbons (Fsp3) is 0. The molecule has 0 aliphatic heterocycles. The lowest BCUT2D eigenvalue weighted by molar-refractivity contribution is 0.501. The smallest absolute Gasteiger partial charge is 0.246 e. The predicted octanol–water partition coefficient (Wildman–Crippen LogP) is 2.92. The maximum absolute atomic E-state index is 14.0. The Kier molecular flexibility index (Phi) is 3.85. The van der Waals surface area contributed by atoms with Gasteiger partial charge in [0.05, 0.1) is 5.56 Å². The molecule has 0 unspecified atom stereocenters. The number of hydrazine groups is 1. The number of benzene rings is 2. The summed E-state index contributed by atoms with van der Waals surface area (Å²) >= 11 is 0. The zero-order valence-corrected chi connectivity index (χ0v) is 11.6. The van der Waals surface area contributed by atoms with Crippen LogP contribution in [0.3, 0.4) is 0 Å². The van der Waals surface area contributed by atoms with E-state index < -0.39 is 28.7 Å². The molecule has 9 heteroatoms. The molecule has 3 aromatic rings. The summed E-state index contributed by atoms with van der Waals surface area (Å²) in [6.07, 6.45) is 0. The Morgan fingerprint density at radius 2 is 1.78 bits per heavy atom. The Morgan fingerprint density at radius 1 is 1.04 bits per heavy atom. The van der Waals surface area contributed by atoms with E-state index in [1.807, 2.05) is 6.07 Å². The second-order valence-corrected chi connectivity index (χ2v) is 4.55. The summed E-state index contributed by atoms with van der Waals surface area (Å²) in [7, 11) is 0. The molecule has 0 atom stereocenters. The fourth-order valence-corrected chi connectivity index (χ4v) is 1.99. The monoisotopic (exact) mass is 320 g/mol. The van der Waals surface area contributed by atoms with Crippen molar-refractivity contribution in [3.8, 4) is 11.4 Å². The molecule has 0 aliphatic rings. The number of hydrogen-bond acceptors (Lipinski definition) is 5. The average Bonchev–Trinajstić information content (AvgIpc) is 3.00. The van der Waals surface area contributed by atoms with Gasteiger partial charge < -0.3 is 10.7 Å². The lowest BCUT2D eigenvalue weighted by atomic mass is 10.1. The van der Waals surface area contributed by atoms with Crippen molar-refractivity contribution in [2.75, 3.05) is 10.7 Å². The highest BCUT2D eigenvalue weighted by atomic mass is 19.2. The molecule has 0 fully saturated rings. The number of nitrogen functional groups attached to an aromatic ring is 1. The topological polar surface area (TPSA) is 91.7 Å².